The Morgan fingerprint density at radius 1 is 1.24 bits per heavy atom. The normalized spacial score (nSPS) is 10.9. The predicted molar refractivity (Wildman–Crippen MR) is 71.3 cm³/mol. The maximum absolute atomic E-state index is 4.52. The molecule has 0 N–H and O–H groups in total. The van der Waals surface area contributed by atoms with Crippen molar-refractivity contribution in [2.45, 2.75) is 6.92 Å². The first-order chi connectivity index (χ1) is 8.24. The van der Waals surface area contributed by atoms with Crippen molar-refractivity contribution in [3.05, 3.63) is 52.9 Å². The monoisotopic (exact) mass is 287 g/mol. The number of nitrogens with zero attached hydrogens (tertiary/aromatic N) is 3. The smallest absolute Gasteiger partial charge is 0.0758 e. The number of rotatable bonds is 1. The van der Waals surface area contributed by atoms with Crippen LogP contribution in [0.1, 0.15) is 5.69 Å². The molecule has 0 spiro atoms. The van der Waals surface area contributed by atoms with Gasteiger partial charge in [0.15, 0.2) is 0 Å². The summed E-state index contributed by atoms with van der Waals surface area (Å²) in [6.45, 7) is 1.99. The van der Waals surface area contributed by atoms with E-state index < -0.39 is 0 Å². The quantitative estimate of drug-likeness (QED) is 0.686. The summed E-state index contributed by atoms with van der Waals surface area (Å²) in [7, 11) is 0. The van der Waals surface area contributed by atoms with Crippen LogP contribution in [0, 0.1) is 6.92 Å². The third kappa shape index (κ3) is 1.85. The van der Waals surface area contributed by atoms with Gasteiger partial charge in [0.2, 0.25) is 0 Å². The highest BCUT2D eigenvalue weighted by atomic mass is 79.9. The highest BCUT2D eigenvalue weighted by Crippen LogP contribution is 2.22. The SMILES string of the molecule is Cc1cc(-n2cc(Br)cn2)c2ccccc2n1. The van der Waals surface area contributed by atoms with E-state index in [-0.39, 0.29) is 0 Å². The molecule has 3 nitrogen and oxygen atoms in total. The number of hydrogen-bond acceptors (Lipinski definition) is 2. The highest BCUT2D eigenvalue weighted by molar-refractivity contribution is 9.10. The Morgan fingerprint density at radius 3 is 2.82 bits per heavy atom. The summed E-state index contributed by atoms with van der Waals surface area (Å²) < 4.78 is 2.83. The molecule has 0 aliphatic heterocycles. The largest absolute Gasteiger partial charge is 0.253 e. The van der Waals surface area contributed by atoms with Crippen LogP contribution in [0.15, 0.2) is 47.2 Å². The van der Waals surface area contributed by atoms with E-state index in [9.17, 15) is 0 Å². The summed E-state index contributed by atoms with van der Waals surface area (Å²) in [5.41, 5.74) is 3.04. The van der Waals surface area contributed by atoms with Crippen LogP contribution in [0.5, 0.6) is 0 Å². The summed E-state index contributed by atoms with van der Waals surface area (Å²) in [4.78, 5) is 4.52. The topological polar surface area (TPSA) is 30.7 Å². The van der Waals surface area contributed by atoms with E-state index in [4.69, 9.17) is 0 Å². The highest BCUT2D eigenvalue weighted by Gasteiger charge is 2.06. The Balaban J connectivity index is 2.35. The van der Waals surface area contributed by atoms with Crippen LogP contribution in [-0.2, 0) is 0 Å². The Kier molecular flexibility index (Phi) is 2.44. The lowest BCUT2D eigenvalue weighted by atomic mass is 10.1. The molecule has 0 atom stereocenters. The third-order valence-electron chi connectivity index (χ3n) is 2.62. The number of halogens is 1. The van der Waals surface area contributed by atoms with Crippen molar-refractivity contribution in [3.63, 3.8) is 0 Å². The van der Waals surface area contributed by atoms with Gasteiger partial charge in [-0.05, 0) is 35.0 Å². The fourth-order valence-electron chi connectivity index (χ4n) is 1.91. The molecular formula is C13H10BrN3. The first kappa shape index (κ1) is 10.5. The number of aromatic nitrogens is 3. The first-order valence-corrected chi connectivity index (χ1v) is 6.10. The summed E-state index contributed by atoms with van der Waals surface area (Å²) >= 11 is 3.41. The lowest BCUT2D eigenvalue weighted by Crippen LogP contribution is -1.98. The van der Waals surface area contributed by atoms with Crippen LogP contribution in [0.25, 0.3) is 16.6 Å². The fourth-order valence-corrected chi connectivity index (χ4v) is 2.19. The van der Waals surface area contributed by atoms with Gasteiger partial charge < -0.3 is 0 Å². The second-order valence-corrected chi connectivity index (χ2v) is 4.82. The van der Waals surface area contributed by atoms with Crippen LogP contribution >= 0.6 is 15.9 Å². The van der Waals surface area contributed by atoms with Gasteiger partial charge in [-0.3, -0.25) is 4.98 Å². The van der Waals surface area contributed by atoms with Gasteiger partial charge in [0, 0.05) is 17.3 Å². The van der Waals surface area contributed by atoms with Crippen LogP contribution in [0.3, 0.4) is 0 Å². The zero-order valence-corrected chi connectivity index (χ0v) is 10.8. The average Bonchev–Trinajstić information content (AvgIpc) is 2.74. The first-order valence-electron chi connectivity index (χ1n) is 5.31. The molecule has 2 aromatic heterocycles. The molecule has 4 heteroatoms. The molecule has 3 rings (SSSR count). The van der Waals surface area contributed by atoms with Gasteiger partial charge in [-0.2, -0.15) is 5.10 Å². The van der Waals surface area contributed by atoms with Gasteiger partial charge in [0.25, 0.3) is 0 Å². The maximum atomic E-state index is 4.52. The van der Waals surface area contributed by atoms with Crippen molar-refractivity contribution in [2.75, 3.05) is 0 Å². The molecule has 0 saturated heterocycles. The fraction of sp³-hybridized carbons (Fsp3) is 0.0769. The molecule has 17 heavy (non-hydrogen) atoms. The minimum atomic E-state index is 0.969. The number of benzene rings is 1. The lowest BCUT2D eigenvalue weighted by Gasteiger charge is -2.07. The summed E-state index contributed by atoms with van der Waals surface area (Å²) in [6, 6.07) is 10.1. The van der Waals surface area contributed by atoms with Crippen molar-refractivity contribution in [1.82, 2.24) is 14.8 Å². The number of aryl methyl sites for hydroxylation is 1. The van der Waals surface area contributed by atoms with Gasteiger partial charge in [-0.25, -0.2) is 4.68 Å². The molecule has 84 valence electrons. The van der Waals surface area contributed by atoms with E-state index in [1.165, 1.54) is 0 Å². The molecule has 0 aliphatic rings. The lowest BCUT2D eigenvalue weighted by molar-refractivity contribution is 0.884. The standard InChI is InChI=1S/C13H10BrN3/c1-9-6-13(17-8-10(14)7-15-17)11-4-2-3-5-12(11)16-9/h2-8H,1H3. The van der Waals surface area contributed by atoms with E-state index in [0.717, 1.165) is 26.8 Å². The van der Waals surface area contributed by atoms with Crippen molar-refractivity contribution < 1.29 is 0 Å². The van der Waals surface area contributed by atoms with Gasteiger partial charge in [0.1, 0.15) is 0 Å². The molecule has 2 heterocycles. The van der Waals surface area contributed by atoms with Crippen molar-refractivity contribution in [1.29, 1.82) is 0 Å². The van der Waals surface area contributed by atoms with Gasteiger partial charge in [-0.15, -0.1) is 0 Å². The predicted octanol–water partition coefficient (Wildman–Crippen LogP) is 3.49. The van der Waals surface area contributed by atoms with E-state index >= 15 is 0 Å². The molecule has 0 fully saturated rings. The Labute approximate surface area is 107 Å². The van der Waals surface area contributed by atoms with Crippen LogP contribution in [0.2, 0.25) is 0 Å². The molecule has 0 radical (unpaired) electrons. The second-order valence-electron chi connectivity index (χ2n) is 3.90. The molecule has 1 aromatic carbocycles. The summed E-state index contributed by atoms with van der Waals surface area (Å²) in [6.07, 6.45) is 3.73. The van der Waals surface area contributed by atoms with Crippen molar-refractivity contribution in [2.24, 2.45) is 0 Å². The Morgan fingerprint density at radius 2 is 2.06 bits per heavy atom. The van der Waals surface area contributed by atoms with Crippen LogP contribution in [-0.4, -0.2) is 14.8 Å². The van der Waals surface area contributed by atoms with E-state index in [2.05, 4.69) is 32.1 Å². The van der Waals surface area contributed by atoms with Crippen molar-refractivity contribution in [3.8, 4) is 5.69 Å². The summed E-state index contributed by atoms with van der Waals surface area (Å²) in [5.74, 6) is 0. The van der Waals surface area contributed by atoms with Gasteiger partial charge >= 0.3 is 0 Å². The average molecular weight is 288 g/mol. The molecule has 3 aromatic rings. The van der Waals surface area contributed by atoms with Gasteiger partial charge in [-0.1, -0.05) is 18.2 Å². The van der Waals surface area contributed by atoms with Crippen LogP contribution < -0.4 is 0 Å². The number of para-hydroxylation sites is 1. The maximum Gasteiger partial charge on any atom is 0.0758 e. The minimum Gasteiger partial charge on any atom is -0.253 e. The molecule has 0 saturated carbocycles. The molecule has 0 unspecified atom stereocenters. The van der Waals surface area contributed by atoms with Crippen LogP contribution in [0.4, 0.5) is 0 Å². The molecule has 0 amide bonds. The number of hydrogen-bond donors (Lipinski definition) is 0. The molecule has 0 bridgehead atoms. The van der Waals surface area contributed by atoms with E-state index in [1.54, 1.807) is 6.20 Å². The Bertz CT molecular complexity index is 688. The number of pyridine rings is 1. The summed E-state index contributed by atoms with van der Waals surface area (Å²) in [5, 5.41) is 5.42. The Hall–Kier alpha value is -1.68. The van der Waals surface area contributed by atoms with Gasteiger partial charge in [0.05, 0.1) is 21.9 Å². The van der Waals surface area contributed by atoms with Crippen molar-refractivity contribution >= 4 is 26.8 Å². The third-order valence-corrected chi connectivity index (χ3v) is 3.03. The zero-order chi connectivity index (χ0) is 11.8. The zero-order valence-electron chi connectivity index (χ0n) is 9.26. The van der Waals surface area contributed by atoms with E-state index in [1.807, 2.05) is 42.1 Å². The molecule has 0 aliphatic carbocycles. The van der Waals surface area contributed by atoms with E-state index in [0.29, 0.717) is 0 Å². The number of fused-ring (bicyclic) bond motifs is 1. The minimum absolute atomic E-state index is 0.969. The second kappa shape index (κ2) is 3.96. The molecular weight excluding hydrogens is 278 g/mol.